The van der Waals surface area contributed by atoms with Gasteiger partial charge in [0.25, 0.3) is 0 Å². The highest BCUT2D eigenvalue weighted by molar-refractivity contribution is 5.89. The van der Waals surface area contributed by atoms with Crippen molar-refractivity contribution in [3.8, 4) is 0 Å². The van der Waals surface area contributed by atoms with E-state index in [9.17, 15) is 4.79 Å². The van der Waals surface area contributed by atoms with Gasteiger partial charge in [-0.1, -0.05) is 36.4 Å². The monoisotopic (exact) mass is 311 g/mol. The van der Waals surface area contributed by atoms with Crippen LogP contribution in [0, 0.1) is 6.92 Å². The van der Waals surface area contributed by atoms with E-state index in [1.54, 1.807) is 6.20 Å². The minimum Gasteiger partial charge on any atom is -0.373 e. The fourth-order valence-electron chi connectivity index (χ4n) is 2.77. The first-order valence-electron chi connectivity index (χ1n) is 7.88. The van der Waals surface area contributed by atoms with E-state index in [-0.39, 0.29) is 18.2 Å². The summed E-state index contributed by atoms with van der Waals surface area (Å²) < 4.78 is 5.83. The number of carbonyl (C=O) groups excluding carboxylic acids is 1. The molecule has 0 spiro atoms. The summed E-state index contributed by atoms with van der Waals surface area (Å²) in [6.45, 7) is 2.57. The molecule has 2 N–H and O–H groups in total. The lowest BCUT2D eigenvalue weighted by Gasteiger charge is -2.30. The van der Waals surface area contributed by atoms with E-state index in [0.29, 0.717) is 12.4 Å². The Kier molecular flexibility index (Phi) is 4.88. The van der Waals surface area contributed by atoms with Gasteiger partial charge in [-0.15, -0.1) is 0 Å². The second-order valence-corrected chi connectivity index (χ2v) is 5.76. The topological polar surface area (TPSA) is 63.2 Å². The number of aromatic nitrogens is 1. The highest BCUT2D eigenvalue weighted by Crippen LogP contribution is 2.27. The van der Waals surface area contributed by atoms with E-state index >= 15 is 0 Å². The number of anilines is 1. The lowest BCUT2D eigenvalue weighted by molar-refractivity contribution is 0.00253. The van der Waals surface area contributed by atoms with Crippen LogP contribution in [0.15, 0.2) is 48.7 Å². The number of rotatable bonds is 3. The maximum absolute atomic E-state index is 12.2. The van der Waals surface area contributed by atoms with Crippen molar-refractivity contribution in [1.29, 1.82) is 0 Å². The standard InChI is InChI=1S/C18H21N3O2/c1-13-6-5-10-19-17(13)21-18(22)20-15-9-11-23-16(12-15)14-7-3-2-4-8-14/h2-8,10,15-16H,9,11-12H2,1H3,(H2,19,20,21,22)/t15-,16-/m0/s1. The summed E-state index contributed by atoms with van der Waals surface area (Å²) in [5.74, 6) is 0.594. The van der Waals surface area contributed by atoms with Crippen molar-refractivity contribution >= 4 is 11.8 Å². The van der Waals surface area contributed by atoms with E-state index in [4.69, 9.17) is 4.74 Å². The van der Waals surface area contributed by atoms with Crippen molar-refractivity contribution in [3.63, 3.8) is 0 Å². The van der Waals surface area contributed by atoms with Gasteiger partial charge in [0.1, 0.15) is 5.82 Å². The minimum absolute atomic E-state index is 0.0341. The van der Waals surface area contributed by atoms with Crippen LogP contribution in [0.5, 0.6) is 0 Å². The van der Waals surface area contributed by atoms with Gasteiger partial charge < -0.3 is 10.1 Å². The van der Waals surface area contributed by atoms with Crippen LogP contribution in [0.1, 0.15) is 30.1 Å². The normalized spacial score (nSPS) is 20.7. The third kappa shape index (κ3) is 4.07. The number of nitrogens with one attached hydrogen (secondary N) is 2. The summed E-state index contributed by atoms with van der Waals surface area (Å²) in [5, 5.41) is 5.83. The highest BCUT2D eigenvalue weighted by Gasteiger charge is 2.25. The third-order valence-corrected chi connectivity index (χ3v) is 4.03. The lowest BCUT2D eigenvalue weighted by atomic mass is 9.97. The Hall–Kier alpha value is -2.40. The number of hydrogen-bond acceptors (Lipinski definition) is 3. The number of nitrogens with zero attached hydrogens (tertiary/aromatic N) is 1. The average molecular weight is 311 g/mol. The van der Waals surface area contributed by atoms with Crippen LogP contribution in [0.3, 0.4) is 0 Å². The predicted molar refractivity (Wildman–Crippen MR) is 89.3 cm³/mol. The zero-order valence-electron chi connectivity index (χ0n) is 13.2. The van der Waals surface area contributed by atoms with Gasteiger partial charge in [0.2, 0.25) is 0 Å². The molecular weight excluding hydrogens is 290 g/mol. The van der Waals surface area contributed by atoms with Crippen molar-refractivity contribution < 1.29 is 9.53 Å². The Bertz CT molecular complexity index is 660. The van der Waals surface area contributed by atoms with Gasteiger partial charge in [0.15, 0.2) is 0 Å². The molecule has 2 heterocycles. The van der Waals surface area contributed by atoms with E-state index in [1.165, 1.54) is 0 Å². The zero-order chi connectivity index (χ0) is 16.1. The summed E-state index contributed by atoms with van der Waals surface area (Å²) in [7, 11) is 0. The van der Waals surface area contributed by atoms with Crippen LogP contribution in [-0.2, 0) is 4.74 Å². The number of carbonyl (C=O) groups is 1. The molecule has 2 aromatic rings. The minimum atomic E-state index is -0.217. The molecule has 2 atom stereocenters. The maximum Gasteiger partial charge on any atom is 0.320 e. The molecule has 0 saturated carbocycles. The molecule has 0 radical (unpaired) electrons. The maximum atomic E-state index is 12.2. The summed E-state index contributed by atoms with van der Waals surface area (Å²) >= 11 is 0. The molecule has 0 bridgehead atoms. The SMILES string of the molecule is Cc1cccnc1NC(=O)N[C@H]1CCO[C@H](c2ccccc2)C1. The molecule has 1 saturated heterocycles. The van der Waals surface area contributed by atoms with E-state index < -0.39 is 0 Å². The fraction of sp³-hybridized carbons (Fsp3) is 0.333. The molecule has 1 aromatic carbocycles. The number of pyridine rings is 1. The summed E-state index contributed by atoms with van der Waals surface area (Å²) in [5.41, 5.74) is 2.09. The number of hydrogen-bond donors (Lipinski definition) is 2. The molecule has 3 rings (SSSR count). The van der Waals surface area contributed by atoms with Crippen molar-refractivity contribution in [3.05, 3.63) is 59.8 Å². The molecule has 1 aliphatic rings. The van der Waals surface area contributed by atoms with E-state index in [0.717, 1.165) is 24.0 Å². The molecule has 23 heavy (non-hydrogen) atoms. The van der Waals surface area contributed by atoms with Crippen LogP contribution in [0.25, 0.3) is 0 Å². The number of aryl methyl sites for hydroxylation is 1. The first kappa shape index (κ1) is 15.5. The zero-order valence-corrected chi connectivity index (χ0v) is 13.2. The molecule has 1 aromatic heterocycles. The molecule has 1 fully saturated rings. The smallest absolute Gasteiger partial charge is 0.320 e. The lowest BCUT2D eigenvalue weighted by Crippen LogP contribution is -2.42. The van der Waals surface area contributed by atoms with Crippen LogP contribution in [0.2, 0.25) is 0 Å². The van der Waals surface area contributed by atoms with Gasteiger partial charge in [-0.2, -0.15) is 0 Å². The molecule has 1 aliphatic heterocycles. The molecule has 5 nitrogen and oxygen atoms in total. The number of benzene rings is 1. The first-order valence-corrected chi connectivity index (χ1v) is 7.88. The number of ether oxygens (including phenoxy) is 1. The average Bonchev–Trinajstić information content (AvgIpc) is 2.58. The first-order chi connectivity index (χ1) is 11.2. The Labute approximate surface area is 136 Å². The van der Waals surface area contributed by atoms with Crippen molar-refractivity contribution in [2.75, 3.05) is 11.9 Å². The second-order valence-electron chi connectivity index (χ2n) is 5.76. The Morgan fingerprint density at radius 3 is 2.83 bits per heavy atom. The van der Waals surface area contributed by atoms with Crippen molar-refractivity contribution in [2.45, 2.75) is 31.9 Å². The van der Waals surface area contributed by atoms with Crippen molar-refractivity contribution in [1.82, 2.24) is 10.3 Å². The van der Waals surface area contributed by atoms with Gasteiger partial charge in [0, 0.05) is 18.8 Å². The Morgan fingerprint density at radius 1 is 1.22 bits per heavy atom. The van der Waals surface area contributed by atoms with E-state index in [2.05, 4.69) is 27.8 Å². The Morgan fingerprint density at radius 2 is 2.04 bits per heavy atom. The van der Waals surface area contributed by atoms with Gasteiger partial charge >= 0.3 is 6.03 Å². The second kappa shape index (κ2) is 7.24. The molecule has 5 heteroatoms. The van der Waals surface area contributed by atoms with Crippen LogP contribution >= 0.6 is 0 Å². The van der Waals surface area contributed by atoms with Crippen LogP contribution in [-0.4, -0.2) is 23.7 Å². The molecule has 120 valence electrons. The van der Waals surface area contributed by atoms with Crippen LogP contribution in [0.4, 0.5) is 10.6 Å². The molecule has 0 aliphatic carbocycles. The molecule has 2 amide bonds. The molecular formula is C18H21N3O2. The van der Waals surface area contributed by atoms with Gasteiger partial charge in [0.05, 0.1) is 6.10 Å². The van der Waals surface area contributed by atoms with Crippen LogP contribution < -0.4 is 10.6 Å². The number of urea groups is 1. The third-order valence-electron chi connectivity index (χ3n) is 4.03. The largest absolute Gasteiger partial charge is 0.373 e. The number of amides is 2. The summed E-state index contributed by atoms with van der Waals surface area (Å²) in [6, 6.07) is 13.8. The Balaban J connectivity index is 1.57. The summed E-state index contributed by atoms with van der Waals surface area (Å²) in [6.07, 6.45) is 3.30. The van der Waals surface area contributed by atoms with Crippen molar-refractivity contribution in [2.24, 2.45) is 0 Å². The van der Waals surface area contributed by atoms with Gasteiger partial charge in [-0.25, -0.2) is 9.78 Å². The quantitative estimate of drug-likeness (QED) is 0.913. The fourth-order valence-corrected chi connectivity index (χ4v) is 2.77. The van der Waals surface area contributed by atoms with Gasteiger partial charge in [-0.05, 0) is 37.0 Å². The van der Waals surface area contributed by atoms with E-state index in [1.807, 2.05) is 37.3 Å². The highest BCUT2D eigenvalue weighted by atomic mass is 16.5. The van der Waals surface area contributed by atoms with Gasteiger partial charge in [-0.3, -0.25) is 5.32 Å². The molecule has 0 unspecified atom stereocenters. The summed E-state index contributed by atoms with van der Waals surface area (Å²) in [4.78, 5) is 16.4. The predicted octanol–water partition coefficient (Wildman–Crippen LogP) is 3.43.